The Kier molecular flexibility index (Phi) is 3.04. The highest BCUT2D eigenvalue weighted by atomic mass is 19.1. The molecule has 3 rings (SSSR count). The van der Waals surface area contributed by atoms with Crippen LogP contribution >= 0.6 is 0 Å². The minimum Gasteiger partial charge on any atom is -0.480 e. The first-order valence-electron chi connectivity index (χ1n) is 6.46. The molecule has 2 N–H and O–H groups in total. The lowest BCUT2D eigenvalue weighted by molar-refractivity contribution is -0.137. The van der Waals surface area contributed by atoms with Crippen molar-refractivity contribution in [1.29, 1.82) is 0 Å². The average molecular weight is 292 g/mol. The van der Waals surface area contributed by atoms with Gasteiger partial charge in [-0.2, -0.15) is 0 Å². The maximum atomic E-state index is 13.5. The molecule has 2 aromatic rings. The summed E-state index contributed by atoms with van der Waals surface area (Å²) >= 11 is 0. The van der Waals surface area contributed by atoms with E-state index in [0.29, 0.717) is 29.4 Å². The van der Waals surface area contributed by atoms with Crippen molar-refractivity contribution in [2.45, 2.75) is 19.5 Å². The Bertz CT molecular complexity index is 753. The van der Waals surface area contributed by atoms with Crippen molar-refractivity contribution in [3.8, 4) is 0 Å². The van der Waals surface area contributed by atoms with Gasteiger partial charge in [0.1, 0.15) is 12.4 Å². The fraction of sp³-hybridized carbons (Fsp3) is 0.286. The van der Waals surface area contributed by atoms with E-state index in [2.05, 4.69) is 0 Å². The number of benzene rings is 1. The van der Waals surface area contributed by atoms with Crippen LogP contribution in [0.1, 0.15) is 11.3 Å². The van der Waals surface area contributed by atoms with Crippen molar-refractivity contribution in [3.05, 3.63) is 35.3 Å². The van der Waals surface area contributed by atoms with E-state index < -0.39 is 17.9 Å². The number of aliphatic carboxylic acids is 1. The number of nitrogens with zero attached hydrogens (tertiary/aromatic N) is 2. The fourth-order valence-corrected chi connectivity index (χ4v) is 2.90. The quantitative estimate of drug-likeness (QED) is 0.885. The molecule has 0 saturated carbocycles. The molecule has 0 spiro atoms. The zero-order valence-corrected chi connectivity index (χ0v) is 11.0. The number of rotatable bonds is 2. The van der Waals surface area contributed by atoms with Crippen LogP contribution in [0.3, 0.4) is 0 Å². The second-order valence-electron chi connectivity index (χ2n) is 5.02. The largest absolute Gasteiger partial charge is 0.480 e. The predicted octanol–water partition coefficient (Wildman–Crippen LogP) is 1.90. The molecule has 1 aliphatic heterocycles. The van der Waals surface area contributed by atoms with Crippen LogP contribution in [-0.2, 0) is 24.3 Å². The van der Waals surface area contributed by atoms with Crippen molar-refractivity contribution in [1.82, 2.24) is 9.47 Å². The lowest BCUT2D eigenvalue weighted by Gasteiger charge is -2.25. The number of hydrogen-bond donors (Lipinski definition) is 2. The van der Waals surface area contributed by atoms with Gasteiger partial charge in [-0.3, -0.25) is 4.79 Å². The molecule has 0 fully saturated rings. The summed E-state index contributed by atoms with van der Waals surface area (Å²) in [6.45, 7) is 0.239. The minimum absolute atomic E-state index is 0.150. The highest BCUT2D eigenvalue weighted by Gasteiger charge is 2.27. The van der Waals surface area contributed by atoms with Gasteiger partial charge in [0.05, 0.1) is 6.54 Å². The fourth-order valence-electron chi connectivity index (χ4n) is 2.90. The second-order valence-corrected chi connectivity index (χ2v) is 5.02. The number of carboxylic acid groups (broad SMARTS) is 2. The van der Waals surface area contributed by atoms with E-state index in [9.17, 15) is 14.0 Å². The molecule has 6 nitrogen and oxygen atoms in total. The Morgan fingerprint density at radius 3 is 2.71 bits per heavy atom. The third-order valence-electron chi connectivity index (χ3n) is 3.78. The van der Waals surface area contributed by atoms with E-state index in [-0.39, 0.29) is 13.1 Å². The molecule has 0 atom stereocenters. The second kappa shape index (κ2) is 4.76. The van der Waals surface area contributed by atoms with Crippen LogP contribution in [0, 0.1) is 5.82 Å². The Labute approximate surface area is 119 Å². The Morgan fingerprint density at radius 1 is 1.29 bits per heavy atom. The Hall–Kier alpha value is -2.57. The van der Waals surface area contributed by atoms with Gasteiger partial charge in [-0.05, 0) is 18.2 Å². The zero-order chi connectivity index (χ0) is 15.1. The van der Waals surface area contributed by atoms with Gasteiger partial charge in [0.2, 0.25) is 0 Å². The van der Waals surface area contributed by atoms with Gasteiger partial charge in [-0.1, -0.05) is 0 Å². The lowest BCUT2D eigenvalue weighted by atomic mass is 10.0. The van der Waals surface area contributed by atoms with Gasteiger partial charge >= 0.3 is 12.1 Å². The van der Waals surface area contributed by atoms with Crippen LogP contribution in [0.5, 0.6) is 0 Å². The molecule has 2 heterocycles. The SMILES string of the molecule is O=C(O)Cn1c2c(c3cc(F)ccc31)CN(C(=O)O)CC2. The standard InChI is InChI=1S/C14H13FN2O4/c15-8-1-2-11-9(5-8)10-6-16(14(20)21)4-3-12(10)17(11)7-13(18)19/h1-2,5H,3-4,6-7H2,(H,18,19)(H,20,21). The third-order valence-corrected chi connectivity index (χ3v) is 3.78. The first-order valence-corrected chi connectivity index (χ1v) is 6.46. The summed E-state index contributed by atoms with van der Waals surface area (Å²) in [6.07, 6.45) is -0.609. The summed E-state index contributed by atoms with van der Waals surface area (Å²) in [5, 5.41) is 18.7. The van der Waals surface area contributed by atoms with E-state index in [0.717, 1.165) is 5.69 Å². The van der Waals surface area contributed by atoms with E-state index in [4.69, 9.17) is 10.2 Å². The topological polar surface area (TPSA) is 82.8 Å². The normalized spacial score (nSPS) is 14.2. The van der Waals surface area contributed by atoms with Crippen LogP contribution in [0.2, 0.25) is 0 Å². The van der Waals surface area contributed by atoms with Crippen molar-refractivity contribution >= 4 is 23.0 Å². The molecule has 7 heteroatoms. The Balaban J connectivity index is 2.20. The smallest absolute Gasteiger partial charge is 0.407 e. The molecule has 0 bridgehead atoms. The molecule has 0 unspecified atom stereocenters. The summed E-state index contributed by atoms with van der Waals surface area (Å²) in [4.78, 5) is 23.4. The van der Waals surface area contributed by atoms with Gasteiger partial charge in [0, 0.05) is 35.1 Å². The van der Waals surface area contributed by atoms with E-state index in [1.807, 2.05) is 0 Å². The number of halogens is 1. The van der Waals surface area contributed by atoms with Crippen LogP contribution in [0.15, 0.2) is 18.2 Å². The summed E-state index contributed by atoms with van der Waals surface area (Å²) < 4.78 is 15.1. The number of hydrogen-bond acceptors (Lipinski definition) is 2. The molecule has 0 saturated heterocycles. The number of carbonyl (C=O) groups is 2. The predicted molar refractivity (Wildman–Crippen MR) is 71.7 cm³/mol. The van der Waals surface area contributed by atoms with Gasteiger partial charge in [0.15, 0.2) is 0 Å². The molecule has 1 aromatic heterocycles. The molecule has 0 aliphatic carbocycles. The van der Waals surface area contributed by atoms with Crippen LogP contribution < -0.4 is 0 Å². The monoisotopic (exact) mass is 292 g/mol. The van der Waals surface area contributed by atoms with Crippen molar-refractivity contribution < 1.29 is 24.2 Å². The number of carboxylic acids is 1. The molecule has 0 radical (unpaired) electrons. The third kappa shape index (κ3) is 2.20. The summed E-state index contributed by atoms with van der Waals surface area (Å²) in [7, 11) is 0. The maximum absolute atomic E-state index is 13.5. The van der Waals surface area contributed by atoms with Gasteiger partial charge in [-0.15, -0.1) is 0 Å². The number of fused-ring (bicyclic) bond motifs is 3. The maximum Gasteiger partial charge on any atom is 0.407 e. The lowest BCUT2D eigenvalue weighted by Crippen LogP contribution is -2.35. The van der Waals surface area contributed by atoms with Gasteiger partial charge < -0.3 is 19.7 Å². The van der Waals surface area contributed by atoms with Crippen molar-refractivity contribution in [2.24, 2.45) is 0 Å². The first-order chi connectivity index (χ1) is 9.97. The van der Waals surface area contributed by atoms with Crippen LogP contribution in [0.4, 0.5) is 9.18 Å². The summed E-state index contributed by atoms with van der Waals surface area (Å²) in [5.74, 6) is -1.41. The highest BCUT2D eigenvalue weighted by molar-refractivity contribution is 5.87. The van der Waals surface area contributed by atoms with E-state index >= 15 is 0 Å². The number of aromatic nitrogens is 1. The van der Waals surface area contributed by atoms with E-state index in [1.54, 1.807) is 4.57 Å². The summed E-state index contributed by atoms with van der Waals surface area (Å²) in [5.41, 5.74) is 2.09. The molecular formula is C14H13FN2O4. The molecule has 1 amide bonds. The molecule has 1 aromatic carbocycles. The molecule has 1 aliphatic rings. The Morgan fingerprint density at radius 2 is 2.05 bits per heavy atom. The number of amides is 1. The van der Waals surface area contributed by atoms with Gasteiger partial charge in [0.25, 0.3) is 0 Å². The van der Waals surface area contributed by atoms with Gasteiger partial charge in [-0.25, -0.2) is 9.18 Å². The average Bonchev–Trinajstić information content (AvgIpc) is 2.71. The molecule has 110 valence electrons. The van der Waals surface area contributed by atoms with Crippen molar-refractivity contribution in [2.75, 3.05) is 6.54 Å². The highest BCUT2D eigenvalue weighted by Crippen LogP contribution is 2.31. The minimum atomic E-state index is -1.03. The molecular weight excluding hydrogens is 279 g/mol. The van der Waals surface area contributed by atoms with Crippen LogP contribution in [0.25, 0.3) is 10.9 Å². The molecule has 21 heavy (non-hydrogen) atoms. The zero-order valence-electron chi connectivity index (χ0n) is 11.0. The van der Waals surface area contributed by atoms with E-state index in [1.165, 1.54) is 23.1 Å². The van der Waals surface area contributed by atoms with Crippen LogP contribution in [-0.4, -0.2) is 38.3 Å². The van der Waals surface area contributed by atoms with Crippen molar-refractivity contribution in [3.63, 3.8) is 0 Å². The summed E-state index contributed by atoms with van der Waals surface area (Å²) in [6, 6.07) is 4.15. The first kappa shape index (κ1) is 13.4.